The summed E-state index contributed by atoms with van der Waals surface area (Å²) in [6, 6.07) is 13.7. The van der Waals surface area contributed by atoms with Crippen molar-refractivity contribution >= 4 is 5.91 Å². The number of carbonyl (C=O) groups excluding carboxylic acids is 1. The largest absolute Gasteiger partial charge is 0.484 e. The van der Waals surface area contributed by atoms with E-state index < -0.39 is 11.7 Å². The van der Waals surface area contributed by atoms with Crippen LogP contribution in [0.1, 0.15) is 30.0 Å². The summed E-state index contributed by atoms with van der Waals surface area (Å²) in [6.07, 6.45) is -4.14. The molecule has 0 spiro atoms. The number of amides is 1. The van der Waals surface area contributed by atoms with Crippen LogP contribution >= 0.6 is 0 Å². The Hall–Kier alpha value is -3.91. The fourth-order valence-electron chi connectivity index (χ4n) is 3.90. The highest BCUT2D eigenvalue weighted by Gasteiger charge is 2.31. The molecule has 0 N–H and O–H groups in total. The molecule has 4 rings (SSSR count). The minimum Gasteiger partial charge on any atom is -0.484 e. The number of rotatable bonds is 7. The van der Waals surface area contributed by atoms with Gasteiger partial charge in [-0.15, -0.1) is 0 Å². The fourth-order valence-corrected chi connectivity index (χ4v) is 3.90. The van der Waals surface area contributed by atoms with Gasteiger partial charge in [0.1, 0.15) is 5.75 Å². The number of hydrogen-bond donors (Lipinski definition) is 0. The molecule has 8 nitrogen and oxygen atoms in total. The average Bonchev–Trinajstić information content (AvgIpc) is 3.38. The third-order valence-corrected chi connectivity index (χ3v) is 6.03. The van der Waals surface area contributed by atoms with Crippen LogP contribution in [-0.4, -0.2) is 58.6 Å². The van der Waals surface area contributed by atoms with Crippen molar-refractivity contribution in [3.05, 3.63) is 65.5 Å². The van der Waals surface area contributed by atoms with E-state index in [0.29, 0.717) is 44.2 Å². The lowest BCUT2D eigenvalue weighted by Gasteiger charge is -2.36. The summed E-state index contributed by atoms with van der Waals surface area (Å²) in [5, 5.41) is 12.6. The molecule has 0 saturated carbocycles. The van der Waals surface area contributed by atoms with Crippen LogP contribution in [-0.2, 0) is 17.4 Å². The molecule has 1 fully saturated rings. The molecular formula is C25H24F3N5O3. The van der Waals surface area contributed by atoms with Crippen molar-refractivity contribution < 1.29 is 27.2 Å². The number of carbonyl (C=O) groups is 1. The first kappa shape index (κ1) is 25.2. The monoisotopic (exact) mass is 499 g/mol. The van der Waals surface area contributed by atoms with Crippen LogP contribution in [0.2, 0.25) is 0 Å². The molecule has 188 valence electrons. The first-order valence-corrected chi connectivity index (χ1v) is 11.4. The van der Waals surface area contributed by atoms with E-state index in [1.165, 1.54) is 12.1 Å². The number of nitriles is 1. The zero-order valence-electron chi connectivity index (χ0n) is 19.5. The summed E-state index contributed by atoms with van der Waals surface area (Å²) in [6.45, 7) is 3.90. The molecule has 1 aliphatic heterocycles. The van der Waals surface area contributed by atoms with Gasteiger partial charge in [0.05, 0.1) is 24.1 Å². The lowest BCUT2D eigenvalue weighted by atomic mass is 10.1. The SMILES string of the molecule is CC(c1nc(-c2cccc(C(F)(F)F)c2)no1)N1CCN(C(=O)COc2ccc(CC#N)cc2)CC1. The molecule has 36 heavy (non-hydrogen) atoms. The standard InChI is InChI=1S/C25H24F3N5O3/c1-17(24-30-23(31-36-24)19-3-2-4-20(15-19)25(26,27)28)32-11-13-33(14-12-32)22(34)16-35-21-7-5-18(6-8-21)9-10-29/h2-8,15,17H,9,11-14,16H2,1H3. The van der Waals surface area contributed by atoms with Gasteiger partial charge in [0.2, 0.25) is 11.7 Å². The van der Waals surface area contributed by atoms with Crippen LogP contribution < -0.4 is 4.74 Å². The highest BCUT2D eigenvalue weighted by molar-refractivity contribution is 5.77. The van der Waals surface area contributed by atoms with Crippen molar-refractivity contribution in [1.82, 2.24) is 19.9 Å². The number of aromatic nitrogens is 2. The second-order valence-corrected chi connectivity index (χ2v) is 8.40. The summed E-state index contributed by atoms with van der Waals surface area (Å²) in [7, 11) is 0. The van der Waals surface area contributed by atoms with Crippen molar-refractivity contribution in [3.63, 3.8) is 0 Å². The van der Waals surface area contributed by atoms with Crippen molar-refractivity contribution in [2.75, 3.05) is 32.8 Å². The number of hydrogen-bond acceptors (Lipinski definition) is 7. The zero-order chi connectivity index (χ0) is 25.7. The number of benzene rings is 2. The minimum absolute atomic E-state index is 0.0862. The normalized spacial score (nSPS) is 15.4. The van der Waals surface area contributed by atoms with E-state index in [1.54, 1.807) is 29.2 Å². The molecule has 11 heteroatoms. The van der Waals surface area contributed by atoms with Crippen molar-refractivity contribution in [1.29, 1.82) is 5.26 Å². The molecule has 0 radical (unpaired) electrons. The van der Waals surface area contributed by atoms with E-state index in [2.05, 4.69) is 21.1 Å². The molecule has 2 aromatic carbocycles. The molecular weight excluding hydrogens is 475 g/mol. The molecule has 2 heterocycles. The van der Waals surface area contributed by atoms with Gasteiger partial charge in [-0.2, -0.15) is 23.4 Å². The van der Waals surface area contributed by atoms with Gasteiger partial charge >= 0.3 is 6.18 Å². The first-order chi connectivity index (χ1) is 17.2. The minimum atomic E-state index is -4.46. The van der Waals surface area contributed by atoms with E-state index in [-0.39, 0.29) is 29.9 Å². The van der Waals surface area contributed by atoms with Gasteiger partial charge in [-0.05, 0) is 36.8 Å². The second-order valence-electron chi connectivity index (χ2n) is 8.40. The summed E-state index contributed by atoms with van der Waals surface area (Å²) < 4.78 is 49.9. The molecule has 0 bridgehead atoms. The molecule has 1 amide bonds. The topological polar surface area (TPSA) is 95.5 Å². The fraction of sp³-hybridized carbons (Fsp3) is 0.360. The van der Waals surface area contributed by atoms with Crippen LogP contribution in [0, 0.1) is 11.3 Å². The second kappa shape index (κ2) is 10.8. The van der Waals surface area contributed by atoms with Gasteiger partial charge in [0.15, 0.2) is 6.61 Å². The summed E-state index contributed by atoms with van der Waals surface area (Å²) in [5.74, 6) is 0.818. The number of piperazine rings is 1. The molecule has 0 aliphatic carbocycles. The molecule has 1 saturated heterocycles. The van der Waals surface area contributed by atoms with Crippen LogP contribution in [0.3, 0.4) is 0 Å². The van der Waals surface area contributed by atoms with E-state index in [9.17, 15) is 18.0 Å². The third-order valence-electron chi connectivity index (χ3n) is 6.03. The Balaban J connectivity index is 1.29. The Labute approximate surface area is 205 Å². The van der Waals surface area contributed by atoms with E-state index in [0.717, 1.165) is 17.7 Å². The molecule has 1 aliphatic rings. The van der Waals surface area contributed by atoms with Crippen LogP contribution in [0.25, 0.3) is 11.4 Å². The van der Waals surface area contributed by atoms with E-state index in [4.69, 9.17) is 14.5 Å². The lowest BCUT2D eigenvalue weighted by Crippen LogP contribution is -2.50. The highest BCUT2D eigenvalue weighted by atomic mass is 19.4. The number of alkyl halides is 3. The Kier molecular flexibility index (Phi) is 7.55. The average molecular weight is 499 g/mol. The lowest BCUT2D eigenvalue weighted by molar-refractivity contribution is -0.137. The maximum Gasteiger partial charge on any atom is 0.416 e. The quantitative estimate of drug-likeness (QED) is 0.483. The van der Waals surface area contributed by atoms with Gasteiger partial charge < -0.3 is 14.2 Å². The maximum absolute atomic E-state index is 13.0. The van der Waals surface area contributed by atoms with Crippen molar-refractivity contribution in [3.8, 4) is 23.2 Å². The van der Waals surface area contributed by atoms with Gasteiger partial charge in [0, 0.05) is 31.7 Å². The van der Waals surface area contributed by atoms with Crippen molar-refractivity contribution in [2.24, 2.45) is 0 Å². The number of nitrogens with zero attached hydrogens (tertiary/aromatic N) is 5. The highest BCUT2D eigenvalue weighted by Crippen LogP contribution is 2.32. The zero-order valence-corrected chi connectivity index (χ0v) is 19.5. The maximum atomic E-state index is 13.0. The van der Waals surface area contributed by atoms with Crippen LogP contribution in [0.15, 0.2) is 53.1 Å². The van der Waals surface area contributed by atoms with E-state index >= 15 is 0 Å². The Morgan fingerprint density at radius 2 is 1.89 bits per heavy atom. The van der Waals surface area contributed by atoms with Gasteiger partial charge in [0.25, 0.3) is 5.91 Å². The molecule has 1 unspecified atom stereocenters. The molecule has 1 aromatic heterocycles. The van der Waals surface area contributed by atoms with Crippen molar-refractivity contribution in [2.45, 2.75) is 25.6 Å². The van der Waals surface area contributed by atoms with E-state index in [1.807, 2.05) is 6.92 Å². The Bertz CT molecular complexity index is 1230. The molecule has 3 aromatic rings. The predicted octanol–water partition coefficient (Wildman–Crippen LogP) is 4.11. The van der Waals surface area contributed by atoms with Gasteiger partial charge in [-0.25, -0.2) is 0 Å². The Morgan fingerprint density at radius 1 is 1.17 bits per heavy atom. The van der Waals surface area contributed by atoms with Crippen LogP contribution in [0.4, 0.5) is 13.2 Å². The van der Waals surface area contributed by atoms with Crippen LogP contribution in [0.5, 0.6) is 5.75 Å². The smallest absolute Gasteiger partial charge is 0.416 e. The Morgan fingerprint density at radius 3 is 2.56 bits per heavy atom. The third kappa shape index (κ3) is 6.01. The number of ether oxygens (including phenoxy) is 1. The summed E-state index contributed by atoms with van der Waals surface area (Å²) in [5.41, 5.74) is 0.326. The van der Waals surface area contributed by atoms with Gasteiger partial charge in [-0.3, -0.25) is 9.69 Å². The number of halogens is 3. The predicted molar refractivity (Wildman–Crippen MR) is 123 cm³/mol. The summed E-state index contributed by atoms with van der Waals surface area (Å²) >= 11 is 0. The van der Waals surface area contributed by atoms with Gasteiger partial charge in [-0.1, -0.05) is 29.4 Å². The molecule has 1 atom stereocenters. The first-order valence-electron chi connectivity index (χ1n) is 11.4. The summed E-state index contributed by atoms with van der Waals surface area (Å²) in [4.78, 5) is 20.7.